The molecule has 0 aromatic heterocycles. The molecule has 2 atom stereocenters. The summed E-state index contributed by atoms with van der Waals surface area (Å²) in [5.41, 5.74) is 11.1. The Balaban J connectivity index is 2.15. The molecule has 6 heteroatoms. The van der Waals surface area contributed by atoms with Gasteiger partial charge in [0.25, 0.3) is 0 Å². The summed E-state index contributed by atoms with van der Waals surface area (Å²) in [6.07, 6.45) is -1.31. The number of rotatable bonds is 2. The van der Waals surface area contributed by atoms with Crippen molar-refractivity contribution in [2.24, 2.45) is 5.73 Å². The van der Waals surface area contributed by atoms with Gasteiger partial charge >= 0.3 is 6.18 Å². The van der Waals surface area contributed by atoms with E-state index in [1.807, 2.05) is 0 Å². The van der Waals surface area contributed by atoms with Gasteiger partial charge in [0.1, 0.15) is 0 Å². The molecule has 0 saturated heterocycles. The predicted molar refractivity (Wildman–Crippen MR) is 67.3 cm³/mol. The summed E-state index contributed by atoms with van der Waals surface area (Å²) in [5.74, 6) is 0. The second kappa shape index (κ2) is 5.01. The third-order valence-corrected chi connectivity index (χ3v) is 4.63. The molecule has 1 saturated carbocycles. The van der Waals surface area contributed by atoms with Crippen LogP contribution in [0.4, 0.5) is 18.9 Å². The van der Waals surface area contributed by atoms with E-state index in [9.17, 15) is 13.2 Å². The third kappa shape index (κ3) is 2.92. The average Bonchev–Trinajstić information content (AvgIpc) is 2.66. The van der Waals surface area contributed by atoms with Crippen LogP contribution in [0.5, 0.6) is 0 Å². The van der Waals surface area contributed by atoms with Gasteiger partial charge in [-0.3, -0.25) is 0 Å². The minimum absolute atomic E-state index is 0.108. The molecule has 0 bridgehead atoms. The predicted octanol–water partition coefficient (Wildman–Crippen LogP) is 3.26. The Kier molecular flexibility index (Phi) is 3.77. The molecule has 0 amide bonds. The van der Waals surface area contributed by atoms with E-state index in [1.165, 1.54) is 17.8 Å². The first kappa shape index (κ1) is 13.5. The molecule has 1 aliphatic carbocycles. The summed E-state index contributed by atoms with van der Waals surface area (Å²) in [5, 5.41) is 0.254. The van der Waals surface area contributed by atoms with Gasteiger partial charge in [-0.25, -0.2) is 0 Å². The zero-order chi connectivity index (χ0) is 13.3. The second-order valence-corrected chi connectivity index (χ2v) is 5.78. The molecule has 1 aromatic rings. The van der Waals surface area contributed by atoms with Crippen LogP contribution in [-0.2, 0) is 6.18 Å². The van der Waals surface area contributed by atoms with Crippen molar-refractivity contribution in [2.45, 2.75) is 41.6 Å². The van der Waals surface area contributed by atoms with Gasteiger partial charge in [-0.15, -0.1) is 11.8 Å². The van der Waals surface area contributed by atoms with E-state index in [4.69, 9.17) is 11.5 Å². The number of hydrogen-bond donors (Lipinski definition) is 2. The highest BCUT2D eigenvalue weighted by atomic mass is 32.2. The van der Waals surface area contributed by atoms with Gasteiger partial charge in [-0.2, -0.15) is 13.2 Å². The third-order valence-electron chi connectivity index (χ3n) is 3.12. The highest BCUT2D eigenvalue weighted by Gasteiger charge is 2.31. The van der Waals surface area contributed by atoms with Gasteiger partial charge in [0.15, 0.2) is 0 Å². The number of thioether (sulfide) groups is 1. The van der Waals surface area contributed by atoms with Crippen LogP contribution < -0.4 is 11.5 Å². The van der Waals surface area contributed by atoms with E-state index in [1.54, 1.807) is 0 Å². The molecule has 2 nitrogen and oxygen atoms in total. The molecule has 0 spiro atoms. The molecule has 1 fully saturated rings. The average molecular weight is 276 g/mol. The van der Waals surface area contributed by atoms with Crippen LogP contribution in [0.1, 0.15) is 24.8 Å². The fourth-order valence-corrected chi connectivity index (χ4v) is 3.36. The smallest absolute Gasteiger partial charge is 0.398 e. The fraction of sp³-hybridized carbons (Fsp3) is 0.500. The quantitative estimate of drug-likeness (QED) is 0.815. The van der Waals surface area contributed by atoms with E-state index < -0.39 is 11.7 Å². The van der Waals surface area contributed by atoms with E-state index in [-0.39, 0.29) is 17.0 Å². The molecule has 18 heavy (non-hydrogen) atoms. The summed E-state index contributed by atoms with van der Waals surface area (Å²) < 4.78 is 37.5. The fourth-order valence-electron chi connectivity index (χ4n) is 2.10. The van der Waals surface area contributed by atoms with Crippen LogP contribution >= 0.6 is 11.8 Å². The van der Waals surface area contributed by atoms with Crippen molar-refractivity contribution in [1.29, 1.82) is 0 Å². The highest BCUT2D eigenvalue weighted by molar-refractivity contribution is 8.00. The Morgan fingerprint density at radius 2 is 1.94 bits per heavy atom. The van der Waals surface area contributed by atoms with Gasteiger partial charge in [-0.1, -0.05) is 6.42 Å². The second-order valence-electron chi connectivity index (χ2n) is 4.50. The zero-order valence-corrected chi connectivity index (χ0v) is 10.5. The number of anilines is 1. The summed E-state index contributed by atoms with van der Waals surface area (Å²) >= 11 is 1.49. The molecular formula is C12H15F3N2S. The molecule has 4 N–H and O–H groups in total. The number of hydrogen-bond acceptors (Lipinski definition) is 3. The summed E-state index contributed by atoms with van der Waals surface area (Å²) in [4.78, 5) is 0.686. The summed E-state index contributed by atoms with van der Waals surface area (Å²) in [6.45, 7) is 0. The molecular weight excluding hydrogens is 261 g/mol. The van der Waals surface area contributed by atoms with Crippen LogP contribution in [0.15, 0.2) is 23.1 Å². The summed E-state index contributed by atoms with van der Waals surface area (Å²) in [7, 11) is 0. The van der Waals surface area contributed by atoms with Crippen molar-refractivity contribution in [3.05, 3.63) is 23.8 Å². The van der Waals surface area contributed by atoms with E-state index in [0.717, 1.165) is 31.4 Å². The number of halogens is 3. The van der Waals surface area contributed by atoms with Gasteiger partial charge in [0, 0.05) is 21.9 Å². The van der Waals surface area contributed by atoms with Crippen molar-refractivity contribution in [1.82, 2.24) is 0 Å². The Bertz CT molecular complexity index is 434. The lowest BCUT2D eigenvalue weighted by Crippen LogP contribution is -2.26. The Morgan fingerprint density at radius 3 is 2.44 bits per heavy atom. The SMILES string of the molecule is Nc1cc(C(F)(F)F)ccc1SC1CCCC1N. The standard InChI is InChI=1S/C12H15F3N2S/c13-12(14,15)7-4-5-11(9(17)6-7)18-10-3-1-2-8(10)16/h4-6,8,10H,1-3,16-17H2. The molecule has 0 aliphatic heterocycles. The molecule has 2 rings (SSSR count). The van der Waals surface area contributed by atoms with E-state index in [0.29, 0.717) is 4.90 Å². The number of nitrogens with two attached hydrogens (primary N) is 2. The monoisotopic (exact) mass is 276 g/mol. The van der Waals surface area contributed by atoms with Crippen molar-refractivity contribution in [2.75, 3.05) is 5.73 Å². The molecule has 1 aliphatic rings. The maximum absolute atomic E-state index is 12.5. The Labute approximate surface area is 108 Å². The largest absolute Gasteiger partial charge is 0.416 e. The van der Waals surface area contributed by atoms with Crippen LogP contribution in [0.25, 0.3) is 0 Å². The summed E-state index contributed by atoms with van der Waals surface area (Å²) in [6, 6.07) is 3.60. The van der Waals surface area contributed by atoms with Crippen LogP contribution in [-0.4, -0.2) is 11.3 Å². The van der Waals surface area contributed by atoms with Gasteiger partial charge in [0.05, 0.1) is 5.56 Å². The zero-order valence-electron chi connectivity index (χ0n) is 9.70. The first-order valence-electron chi connectivity index (χ1n) is 5.77. The molecule has 0 radical (unpaired) electrons. The minimum atomic E-state index is -4.35. The van der Waals surface area contributed by atoms with E-state index in [2.05, 4.69) is 0 Å². The Morgan fingerprint density at radius 1 is 1.22 bits per heavy atom. The maximum Gasteiger partial charge on any atom is 0.416 e. The molecule has 100 valence electrons. The highest BCUT2D eigenvalue weighted by Crippen LogP contribution is 2.39. The van der Waals surface area contributed by atoms with E-state index >= 15 is 0 Å². The lowest BCUT2D eigenvalue weighted by molar-refractivity contribution is -0.137. The van der Waals surface area contributed by atoms with Crippen molar-refractivity contribution in [3.63, 3.8) is 0 Å². The van der Waals surface area contributed by atoms with Crippen LogP contribution in [0.2, 0.25) is 0 Å². The molecule has 0 heterocycles. The van der Waals surface area contributed by atoms with Gasteiger partial charge in [0.2, 0.25) is 0 Å². The Hall–Kier alpha value is -0.880. The molecule has 2 unspecified atom stereocenters. The van der Waals surface area contributed by atoms with Crippen molar-refractivity contribution in [3.8, 4) is 0 Å². The van der Waals surface area contributed by atoms with Gasteiger partial charge < -0.3 is 11.5 Å². The van der Waals surface area contributed by atoms with Crippen LogP contribution in [0, 0.1) is 0 Å². The maximum atomic E-state index is 12.5. The first-order valence-corrected chi connectivity index (χ1v) is 6.65. The number of nitrogen functional groups attached to an aromatic ring is 1. The minimum Gasteiger partial charge on any atom is -0.398 e. The normalized spacial score (nSPS) is 24.4. The van der Waals surface area contributed by atoms with Crippen molar-refractivity contribution >= 4 is 17.4 Å². The van der Waals surface area contributed by atoms with Crippen LogP contribution in [0.3, 0.4) is 0 Å². The first-order chi connectivity index (χ1) is 8.38. The van der Waals surface area contributed by atoms with Gasteiger partial charge in [-0.05, 0) is 31.0 Å². The van der Waals surface area contributed by atoms with Crippen molar-refractivity contribution < 1.29 is 13.2 Å². The number of alkyl halides is 3. The number of benzene rings is 1. The lowest BCUT2D eigenvalue weighted by Gasteiger charge is -2.17. The molecule has 1 aromatic carbocycles. The lowest BCUT2D eigenvalue weighted by atomic mass is 10.2. The topological polar surface area (TPSA) is 52.0 Å².